The fourth-order valence-electron chi connectivity index (χ4n) is 3.01. The number of amides is 1. The first-order valence-electron chi connectivity index (χ1n) is 9.30. The third-order valence-corrected chi connectivity index (χ3v) is 5.04. The van der Waals surface area contributed by atoms with E-state index >= 15 is 0 Å². The van der Waals surface area contributed by atoms with Crippen LogP contribution < -0.4 is 4.90 Å². The van der Waals surface area contributed by atoms with Crippen LogP contribution in [0.4, 0.5) is 5.69 Å². The number of carbonyl (C=O) groups is 1. The molecular weight excluding hydrogens is 384 g/mol. The molecule has 29 heavy (non-hydrogen) atoms. The van der Waals surface area contributed by atoms with Crippen molar-refractivity contribution in [1.29, 1.82) is 5.26 Å². The van der Waals surface area contributed by atoms with Gasteiger partial charge in [0.05, 0.1) is 24.7 Å². The van der Waals surface area contributed by atoms with Gasteiger partial charge in [0.2, 0.25) is 11.8 Å². The third kappa shape index (κ3) is 5.93. The minimum Gasteiger partial charge on any atom is -0.416 e. The van der Waals surface area contributed by atoms with Gasteiger partial charge in [0, 0.05) is 12.2 Å². The summed E-state index contributed by atoms with van der Waals surface area (Å²) in [6, 6.07) is 17.9. The molecule has 0 saturated carbocycles. The molecule has 0 aliphatic carbocycles. The average molecular weight is 407 g/mol. The molecule has 1 aromatic heterocycles. The standard InChI is InChI=1S/C22H22N4O2S/c1-16-11-17(2)13-19(12-16)26(10-6-9-23)21(27)15-29-22-25-24-20(28-22)14-18-7-4-3-5-8-18/h3-5,7-8,11-13H,6,10,14-15H2,1-2H3. The maximum Gasteiger partial charge on any atom is 0.277 e. The van der Waals surface area contributed by atoms with Crippen LogP contribution in [0.1, 0.15) is 29.0 Å². The first-order chi connectivity index (χ1) is 14.0. The van der Waals surface area contributed by atoms with Gasteiger partial charge in [0.25, 0.3) is 5.22 Å². The molecule has 1 heterocycles. The molecule has 0 atom stereocenters. The molecule has 0 unspecified atom stereocenters. The van der Waals surface area contributed by atoms with Crippen molar-refractivity contribution in [3.05, 3.63) is 71.1 Å². The maximum absolute atomic E-state index is 12.8. The highest BCUT2D eigenvalue weighted by Gasteiger charge is 2.18. The van der Waals surface area contributed by atoms with E-state index in [1.165, 1.54) is 11.8 Å². The third-order valence-electron chi connectivity index (χ3n) is 4.23. The van der Waals surface area contributed by atoms with Crippen molar-refractivity contribution >= 4 is 23.4 Å². The van der Waals surface area contributed by atoms with Crippen molar-refractivity contribution < 1.29 is 9.21 Å². The molecule has 0 saturated heterocycles. The zero-order valence-electron chi connectivity index (χ0n) is 16.5. The first kappa shape index (κ1) is 20.6. The molecule has 0 radical (unpaired) electrons. The zero-order chi connectivity index (χ0) is 20.6. The summed E-state index contributed by atoms with van der Waals surface area (Å²) in [5.41, 5.74) is 4.04. The second-order valence-corrected chi connectivity index (χ2v) is 7.64. The van der Waals surface area contributed by atoms with Gasteiger partial charge in [-0.15, -0.1) is 10.2 Å². The van der Waals surface area contributed by atoms with Gasteiger partial charge < -0.3 is 9.32 Å². The highest BCUT2D eigenvalue weighted by Crippen LogP contribution is 2.23. The lowest BCUT2D eigenvalue weighted by atomic mass is 10.1. The van der Waals surface area contributed by atoms with E-state index in [0.29, 0.717) is 24.1 Å². The van der Waals surface area contributed by atoms with E-state index in [9.17, 15) is 4.79 Å². The van der Waals surface area contributed by atoms with E-state index < -0.39 is 0 Å². The van der Waals surface area contributed by atoms with Crippen LogP contribution >= 0.6 is 11.8 Å². The average Bonchev–Trinajstić information content (AvgIpc) is 3.14. The Labute approximate surface area is 174 Å². The Morgan fingerprint density at radius 3 is 2.55 bits per heavy atom. The summed E-state index contributed by atoms with van der Waals surface area (Å²) in [7, 11) is 0. The zero-order valence-corrected chi connectivity index (χ0v) is 17.3. The van der Waals surface area contributed by atoms with Crippen LogP contribution in [0.25, 0.3) is 0 Å². The Morgan fingerprint density at radius 2 is 1.86 bits per heavy atom. The molecule has 6 nitrogen and oxygen atoms in total. The number of anilines is 1. The van der Waals surface area contributed by atoms with Gasteiger partial charge in [-0.3, -0.25) is 4.79 Å². The molecule has 148 valence electrons. The number of carbonyl (C=O) groups excluding carboxylic acids is 1. The van der Waals surface area contributed by atoms with E-state index in [1.807, 2.05) is 56.3 Å². The van der Waals surface area contributed by atoms with Gasteiger partial charge in [0.1, 0.15) is 0 Å². The summed E-state index contributed by atoms with van der Waals surface area (Å²) < 4.78 is 5.66. The lowest BCUT2D eigenvalue weighted by Crippen LogP contribution is -2.33. The summed E-state index contributed by atoms with van der Waals surface area (Å²) in [6.07, 6.45) is 0.824. The Hall–Kier alpha value is -3.11. The number of rotatable bonds is 8. The van der Waals surface area contributed by atoms with Crippen molar-refractivity contribution in [3.8, 4) is 6.07 Å². The summed E-state index contributed by atoms with van der Waals surface area (Å²) in [4.78, 5) is 14.5. The largest absolute Gasteiger partial charge is 0.416 e. The van der Waals surface area contributed by atoms with Gasteiger partial charge in [-0.2, -0.15) is 5.26 Å². The van der Waals surface area contributed by atoms with E-state index in [0.717, 1.165) is 22.4 Å². The number of hydrogen-bond donors (Lipinski definition) is 0. The fraction of sp³-hybridized carbons (Fsp3) is 0.273. The molecule has 0 spiro atoms. The van der Waals surface area contributed by atoms with E-state index in [4.69, 9.17) is 9.68 Å². The van der Waals surface area contributed by atoms with Crippen LogP contribution in [-0.4, -0.2) is 28.4 Å². The molecule has 0 N–H and O–H groups in total. The van der Waals surface area contributed by atoms with E-state index in [2.05, 4.69) is 22.3 Å². The number of nitrogens with zero attached hydrogens (tertiary/aromatic N) is 4. The predicted octanol–water partition coefficient (Wildman–Crippen LogP) is 4.32. The van der Waals surface area contributed by atoms with E-state index in [1.54, 1.807) is 4.90 Å². The minimum atomic E-state index is -0.0990. The van der Waals surface area contributed by atoms with Crippen molar-refractivity contribution in [2.45, 2.75) is 31.9 Å². The number of thioether (sulfide) groups is 1. The molecule has 0 bridgehead atoms. The lowest BCUT2D eigenvalue weighted by molar-refractivity contribution is -0.116. The smallest absolute Gasteiger partial charge is 0.277 e. The van der Waals surface area contributed by atoms with Crippen molar-refractivity contribution in [2.24, 2.45) is 0 Å². The minimum absolute atomic E-state index is 0.0990. The summed E-state index contributed by atoms with van der Waals surface area (Å²) >= 11 is 1.21. The quantitative estimate of drug-likeness (QED) is 0.518. The summed E-state index contributed by atoms with van der Waals surface area (Å²) in [5, 5.41) is 17.4. The fourth-order valence-corrected chi connectivity index (χ4v) is 3.66. The monoisotopic (exact) mass is 406 g/mol. The number of aromatic nitrogens is 2. The SMILES string of the molecule is Cc1cc(C)cc(N(CCC#N)C(=O)CSc2nnc(Cc3ccccc3)o2)c1. The topological polar surface area (TPSA) is 83.0 Å². The van der Waals surface area contributed by atoms with Crippen LogP contribution in [0.5, 0.6) is 0 Å². The molecule has 1 amide bonds. The van der Waals surface area contributed by atoms with Gasteiger partial charge in [0.15, 0.2) is 0 Å². The highest BCUT2D eigenvalue weighted by atomic mass is 32.2. The Morgan fingerprint density at radius 1 is 1.14 bits per heavy atom. The van der Waals surface area contributed by atoms with Gasteiger partial charge in [-0.1, -0.05) is 48.2 Å². The highest BCUT2D eigenvalue weighted by molar-refractivity contribution is 7.99. The van der Waals surface area contributed by atoms with Crippen LogP contribution in [0.2, 0.25) is 0 Å². The normalized spacial score (nSPS) is 10.5. The summed E-state index contributed by atoms with van der Waals surface area (Å²) in [6.45, 7) is 4.33. The van der Waals surface area contributed by atoms with Crippen LogP contribution in [0, 0.1) is 25.2 Å². The van der Waals surface area contributed by atoms with Crippen molar-refractivity contribution in [2.75, 3.05) is 17.2 Å². The molecule has 0 aliphatic heterocycles. The Kier molecular flexibility index (Phi) is 7.04. The molecule has 3 rings (SSSR count). The van der Waals surface area contributed by atoms with Gasteiger partial charge >= 0.3 is 0 Å². The van der Waals surface area contributed by atoms with Crippen LogP contribution in [0.3, 0.4) is 0 Å². The molecule has 7 heteroatoms. The number of hydrogen-bond acceptors (Lipinski definition) is 6. The molecule has 0 aliphatic rings. The maximum atomic E-state index is 12.8. The molecule has 3 aromatic rings. The Bertz CT molecular complexity index is 991. The van der Waals surface area contributed by atoms with Gasteiger partial charge in [-0.25, -0.2) is 0 Å². The molecule has 2 aromatic carbocycles. The van der Waals surface area contributed by atoms with E-state index in [-0.39, 0.29) is 18.1 Å². The van der Waals surface area contributed by atoms with Crippen LogP contribution in [-0.2, 0) is 11.2 Å². The van der Waals surface area contributed by atoms with Crippen molar-refractivity contribution in [3.63, 3.8) is 0 Å². The Balaban J connectivity index is 1.65. The number of benzene rings is 2. The lowest BCUT2D eigenvalue weighted by Gasteiger charge is -2.22. The predicted molar refractivity (Wildman–Crippen MR) is 113 cm³/mol. The first-order valence-corrected chi connectivity index (χ1v) is 10.3. The van der Waals surface area contributed by atoms with Crippen molar-refractivity contribution in [1.82, 2.24) is 10.2 Å². The second kappa shape index (κ2) is 9.89. The number of nitriles is 1. The van der Waals surface area contributed by atoms with Crippen LogP contribution in [0.15, 0.2) is 58.2 Å². The second-order valence-electron chi connectivity index (χ2n) is 6.71. The summed E-state index contributed by atoms with van der Waals surface area (Å²) in [5.74, 6) is 0.575. The molecule has 0 fully saturated rings. The molecular formula is C22H22N4O2S. The van der Waals surface area contributed by atoms with Gasteiger partial charge in [-0.05, 0) is 42.7 Å². The number of aryl methyl sites for hydroxylation is 2.